The van der Waals surface area contributed by atoms with Crippen molar-refractivity contribution in [3.05, 3.63) is 31.7 Å². The first-order valence-electron chi connectivity index (χ1n) is 6.35. The molecule has 4 nitrogen and oxygen atoms in total. The molecule has 0 spiro atoms. The highest BCUT2D eigenvalue weighted by Gasteiger charge is 2.23. The van der Waals surface area contributed by atoms with Gasteiger partial charge >= 0.3 is 0 Å². The average Bonchev–Trinajstić information content (AvgIpc) is 3.15. The minimum atomic E-state index is -0.672. The number of halogens is 1. The summed E-state index contributed by atoms with van der Waals surface area (Å²) in [5, 5.41) is 16.7. The van der Waals surface area contributed by atoms with Crippen LogP contribution in [-0.4, -0.2) is 15.5 Å². The van der Waals surface area contributed by atoms with Crippen LogP contribution in [0.2, 0.25) is 0 Å². The van der Waals surface area contributed by atoms with Crippen LogP contribution in [0.5, 0.6) is 0 Å². The zero-order chi connectivity index (χ0) is 15.0. The summed E-state index contributed by atoms with van der Waals surface area (Å²) in [6.07, 6.45) is -0.672. The Labute approximate surface area is 142 Å². The number of aromatic nitrogens is 1. The second kappa shape index (κ2) is 6.31. The van der Waals surface area contributed by atoms with Crippen LogP contribution in [0, 0.1) is 0 Å². The number of anilines is 1. The predicted octanol–water partition coefficient (Wildman–Crippen LogP) is 4.17. The molecule has 0 radical (unpaired) electrons. The fraction of sp³-hybridized carbons (Fsp3) is 0.308. The molecule has 0 bridgehead atoms. The summed E-state index contributed by atoms with van der Waals surface area (Å²) in [4.78, 5) is 2.12. The van der Waals surface area contributed by atoms with Gasteiger partial charge in [0.1, 0.15) is 16.6 Å². The smallest absolute Gasteiger partial charge is 0.127 e. The molecule has 112 valence electrons. The van der Waals surface area contributed by atoms with Crippen molar-refractivity contribution >= 4 is 65.4 Å². The Balaban J connectivity index is 1.89. The van der Waals surface area contributed by atoms with Gasteiger partial charge in [-0.3, -0.25) is 0 Å². The van der Waals surface area contributed by atoms with Crippen LogP contribution in [0.3, 0.4) is 0 Å². The fourth-order valence-electron chi connectivity index (χ4n) is 1.91. The van der Waals surface area contributed by atoms with E-state index in [2.05, 4.69) is 37.1 Å². The van der Waals surface area contributed by atoms with E-state index in [1.54, 1.807) is 29.6 Å². The Morgan fingerprint density at radius 1 is 1.52 bits per heavy atom. The van der Waals surface area contributed by atoms with Gasteiger partial charge in [-0.15, -0.1) is 22.7 Å². The van der Waals surface area contributed by atoms with Crippen molar-refractivity contribution in [2.24, 2.45) is 5.73 Å². The van der Waals surface area contributed by atoms with E-state index in [9.17, 15) is 5.11 Å². The molecule has 0 saturated carbocycles. The third kappa shape index (κ3) is 3.01. The number of hydrogen-bond acceptors (Lipinski definition) is 7. The van der Waals surface area contributed by atoms with Gasteiger partial charge in [0, 0.05) is 10.9 Å². The van der Waals surface area contributed by atoms with Crippen LogP contribution in [0.1, 0.15) is 22.8 Å². The highest BCUT2D eigenvalue weighted by Crippen LogP contribution is 2.44. The van der Waals surface area contributed by atoms with Crippen molar-refractivity contribution in [3.63, 3.8) is 0 Å². The second-order valence-corrected chi connectivity index (χ2v) is 8.36. The van der Waals surface area contributed by atoms with E-state index in [1.807, 2.05) is 6.07 Å². The zero-order valence-corrected chi connectivity index (χ0v) is 15.2. The maximum Gasteiger partial charge on any atom is 0.127 e. The molecule has 0 aliphatic heterocycles. The fourth-order valence-corrected chi connectivity index (χ4v) is 5.69. The average molecular weight is 404 g/mol. The minimum absolute atomic E-state index is 0.310. The van der Waals surface area contributed by atoms with Crippen molar-refractivity contribution in [2.45, 2.75) is 25.6 Å². The van der Waals surface area contributed by atoms with Crippen LogP contribution in [0.4, 0.5) is 5.00 Å². The molecule has 3 heterocycles. The number of aliphatic hydroxyl groups is 1. The van der Waals surface area contributed by atoms with E-state index < -0.39 is 6.10 Å². The number of hydrogen-bond donors (Lipinski definition) is 3. The maximum absolute atomic E-state index is 10.2. The van der Waals surface area contributed by atoms with Crippen LogP contribution in [0.15, 0.2) is 22.0 Å². The number of nitrogens with two attached hydrogens (primary N) is 1. The van der Waals surface area contributed by atoms with Gasteiger partial charge < -0.3 is 16.2 Å². The standard InChI is InChI=1S/C13H14BrN3OS3/c1-6(15)10(18)11-8(14)9-12(20-11)13(21-17-9)16-5-7-3-2-4-19-7/h2-4,6,10,16,18H,5,15H2,1H3/t6-,10?/m1/s1. The number of rotatable bonds is 5. The Kier molecular flexibility index (Phi) is 4.63. The highest BCUT2D eigenvalue weighted by atomic mass is 79.9. The number of fused-ring (bicyclic) bond motifs is 1. The van der Waals surface area contributed by atoms with Gasteiger partial charge in [0.15, 0.2) is 0 Å². The van der Waals surface area contributed by atoms with E-state index in [1.165, 1.54) is 16.4 Å². The molecule has 3 aromatic rings. The lowest BCUT2D eigenvalue weighted by Crippen LogP contribution is -2.23. The van der Waals surface area contributed by atoms with Crippen LogP contribution in [-0.2, 0) is 6.54 Å². The molecular formula is C13H14BrN3OS3. The summed E-state index contributed by atoms with van der Waals surface area (Å²) in [7, 11) is 0. The van der Waals surface area contributed by atoms with Gasteiger partial charge in [-0.1, -0.05) is 6.07 Å². The van der Waals surface area contributed by atoms with Gasteiger partial charge in [0.05, 0.1) is 20.6 Å². The lowest BCUT2D eigenvalue weighted by atomic mass is 10.2. The van der Waals surface area contributed by atoms with Crippen LogP contribution < -0.4 is 11.1 Å². The Bertz CT molecular complexity index is 735. The van der Waals surface area contributed by atoms with E-state index in [4.69, 9.17) is 5.73 Å². The number of aliphatic hydroxyl groups excluding tert-OH is 1. The van der Waals surface area contributed by atoms with Crippen molar-refractivity contribution in [1.29, 1.82) is 0 Å². The third-order valence-electron chi connectivity index (χ3n) is 3.06. The lowest BCUT2D eigenvalue weighted by Gasteiger charge is -2.12. The molecule has 3 aromatic heterocycles. The van der Waals surface area contributed by atoms with Crippen molar-refractivity contribution in [3.8, 4) is 0 Å². The summed E-state index contributed by atoms with van der Waals surface area (Å²) in [5.41, 5.74) is 6.69. The van der Waals surface area contributed by atoms with Gasteiger partial charge in [0.2, 0.25) is 0 Å². The van der Waals surface area contributed by atoms with Gasteiger partial charge in [-0.25, -0.2) is 0 Å². The molecule has 0 fully saturated rings. The quantitative estimate of drug-likeness (QED) is 0.597. The Hall–Kier alpha value is -0.510. The van der Waals surface area contributed by atoms with E-state index >= 15 is 0 Å². The topological polar surface area (TPSA) is 71.2 Å². The monoisotopic (exact) mass is 403 g/mol. The normalized spacial score (nSPS) is 14.5. The Morgan fingerprint density at radius 3 is 3.00 bits per heavy atom. The molecule has 1 unspecified atom stereocenters. The summed E-state index contributed by atoms with van der Waals surface area (Å²) in [6.45, 7) is 2.59. The largest absolute Gasteiger partial charge is 0.386 e. The van der Waals surface area contributed by atoms with E-state index in [0.29, 0.717) is 0 Å². The number of nitrogens with one attached hydrogen (secondary N) is 1. The molecule has 0 amide bonds. The van der Waals surface area contributed by atoms with E-state index in [-0.39, 0.29) is 6.04 Å². The van der Waals surface area contributed by atoms with Gasteiger partial charge in [-0.05, 0) is 45.8 Å². The molecule has 21 heavy (non-hydrogen) atoms. The summed E-state index contributed by atoms with van der Waals surface area (Å²) >= 11 is 8.25. The summed E-state index contributed by atoms with van der Waals surface area (Å²) < 4.78 is 6.40. The minimum Gasteiger partial charge on any atom is -0.386 e. The van der Waals surface area contributed by atoms with E-state index in [0.717, 1.165) is 31.1 Å². The molecule has 0 aliphatic carbocycles. The SMILES string of the molecule is C[C@@H](N)C(O)c1sc2c(NCc3cccs3)snc2c1Br. The van der Waals surface area contributed by atoms with Crippen LogP contribution in [0.25, 0.3) is 10.2 Å². The molecule has 3 rings (SSSR count). The van der Waals surface area contributed by atoms with Crippen LogP contribution >= 0.6 is 50.1 Å². The zero-order valence-electron chi connectivity index (χ0n) is 11.2. The van der Waals surface area contributed by atoms with Crippen molar-refractivity contribution < 1.29 is 5.11 Å². The number of thiophene rings is 2. The molecule has 2 atom stereocenters. The van der Waals surface area contributed by atoms with Crippen molar-refractivity contribution in [2.75, 3.05) is 5.32 Å². The molecule has 0 saturated heterocycles. The summed E-state index contributed by atoms with van der Waals surface area (Å²) in [6, 6.07) is 3.84. The van der Waals surface area contributed by atoms with Gasteiger partial charge in [-0.2, -0.15) is 4.37 Å². The first kappa shape index (κ1) is 15.4. The lowest BCUT2D eigenvalue weighted by molar-refractivity contribution is 0.156. The third-order valence-corrected chi connectivity index (χ3v) is 7.20. The predicted molar refractivity (Wildman–Crippen MR) is 95.5 cm³/mol. The summed E-state index contributed by atoms with van der Waals surface area (Å²) in [5.74, 6) is 0. The first-order valence-corrected chi connectivity index (χ1v) is 9.61. The second-order valence-electron chi connectivity index (χ2n) is 4.71. The first-order chi connectivity index (χ1) is 10.1. The molecule has 4 N–H and O–H groups in total. The number of nitrogens with zero attached hydrogens (tertiary/aromatic N) is 1. The molecule has 0 aliphatic rings. The van der Waals surface area contributed by atoms with Gasteiger partial charge in [0.25, 0.3) is 0 Å². The van der Waals surface area contributed by atoms with Crippen molar-refractivity contribution in [1.82, 2.24) is 4.37 Å². The molecular weight excluding hydrogens is 390 g/mol. The molecule has 8 heteroatoms. The Morgan fingerprint density at radius 2 is 2.33 bits per heavy atom. The molecule has 0 aromatic carbocycles. The highest BCUT2D eigenvalue weighted by molar-refractivity contribution is 9.10. The maximum atomic E-state index is 10.2.